The Kier molecular flexibility index (Phi) is 27.7. The predicted octanol–water partition coefficient (Wildman–Crippen LogP) is 9.81. The Balaban J connectivity index is 0.000000742. The van der Waals surface area contributed by atoms with Crippen molar-refractivity contribution in [1.82, 2.24) is 0 Å². The van der Waals surface area contributed by atoms with Crippen LogP contribution in [0.5, 0.6) is 0 Å². The summed E-state index contributed by atoms with van der Waals surface area (Å²) in [5.41, 5.74) is 6.02. The molecule has 1 aromatic carbocycles. The minimum absolute atomic E-state index is 0.269. The Hall–Kier alpha value is -1.88. The minimum Gasteiger partial charge on any atom is -0.462 e. The Morgan fingerprint density at radius 3 is 1.13 bits per heavy atom. The Bertz CT molecular complexity index is 635. The van der Waals surface area contributed by atoms with Crippen molar-refractivity contribution in [3.05, 3.63) is 35.4 Å². The molecule has 0 saturated heterocycles. The van der Waals surface area contributed by atoms with Crippen LogP contribution in [-0.2, 0) is 9.47 Å². The number of rotatable bonds is 24. The summed E-state index contributed by atoms with van der Waals surface area (Å²) >= 11 is 0. The van der Waals surface area contributed by atoms with Crippen LogP contribution in [0.3, 0.4) is 0 Å². The zero-order valence-corrected chi connectivity index (χ0v) is 25.8. The van der Waals surface area contributed by atoms with Gasteiger partial charge in [0, 0.05) is 0 Å². The lowest BCUT2D eigenvalue weighted by Gasteiger charge is -2.09. The maximum atomic E-state index is 11.9. The normalized spacial score (nSPS) is 10.6. The fourth-order valence-electron chi connectivity index (χ4n) is 4.31. The van der Waals surface area contributed by atoms with Crippen LogP contribution in [0, 0.1) is 0 Å². The van der Waals surface area contributed by atoms with E-state index in [1.807, 2.05) is 13.8 Å². The number of carbonyl (C=O) groups is 2. The second-order valence-electron chi connectivity index (χ2n) is 10.6. The van der Waals surface area contributed by atoms with Crippen LogP contribution in [0.1, 0.15) is 170 Å². The van der Waals surface area contributed by atoms with Crippen molar-refractivity contribution in [2.75, 3.05) is 19.8 Å². The van der Waals surface area contributed by atoms with Crippen LogP contribution >= 0.6 is 0 Å². The van der Waals surface area contributed by atoms with E-state index in [-0.39, 0.29) is 11.1 Å². The summed E-state index contributed by atoms with van der Waals surface area (Å²) in [4.78, 5) is 23.9. The first-order valence-electron chi connectivity index (χ1n) is 16.3. The molecular weight excluding hydrogens is 486 g/mol. The fraction of sp³-hybridized carbons (Fsp3) is 0.765. The third-order valence-corrected chi connectivity index (χ3v) is 6.89. The highest BCUT2D eigenvalue weighted by atomic mass is 16.5. The molecule has 0 aliphatic rings. The van der Waals surface area contributed by atoms with E-state index in [1.54, 1.807) is 24.3 Å². The van der Waals surface area contributed by atoms with E-state index >= 15 is 0 Å². The van der Waals surface area contributed by atoms with Crippen molar-refractivity contribution in [1.29, 1.82) is 0 Å². The molecule has 0 aliphatic heterocycles. The number of hydrogen-bond acceptors (Lipinski definition) is 5. The van der Waals surface area contributed by atoms with Gasteiger partial charge >= 0.3 is 11.9 Å². The molecule has 0 atom stereocenters. The molecule has 226 valence electrons. The largest absolute Gasteiger partial charge is 0.462 e. The van der Waals surface area contributed by atoms with Crippen LogP contribution in [-0.4, -0.2) is 31.7 Å². The molecule has 5 nitrogen and oxygen atoms in total. The Morgan fingerprint density at radius 2 is 0.821 bits per heavy atom. The van der Waals surface area contributed by atoms with Crippen LogP contribution in [0.4, 0.5) is 0 Å². The van der Waals surface area contributed by atoms with Gasteiger partial charge < -0.3 is 15.2 Å². The molecule has 0 heterocycles. The number of carbonyl (C=O) groups excluding carboxylic acids is 2. The van der Waals surface area contributed by atoms with Crippen molar-refractivity contribution in [2.24, 2.45) is 5.73 Å². The number of unbranched alkanes of at least 4 members (excludes halogenated alkanes) is 17. The number of benzene rings is 1. The molecule has 0 bridgehead atoms. The van der Waals surface area contributed by atoms with E-state index in [2.05, 4.69) is 6.92 Å². The summed E-state index contributed by atoms with van der Waals surface area (Å²) in [6, 6.07) is 6.59. The fourth-order valence-corrected chi connectivity index (χ4v) is 4.31. The molecule has 2 N–H and O–H groups in total. The summed E-state index contributed by atoms with van der Waals surface area (Å²) in [6.07, 6.45) is 26.4. The van der Waals surface area contributed by atoms with Crippen molar-refractivity contribution >= 4 is 11.9 Å². The van der Waals surface area contributed by atoms with Crippen molar-refractivity contribution in [2.45, 2.75) is 149 Å². The van der Waals surface area contributed by atoms with Crippen LogP contribution in [0.2, 0.25) is 0 Å². The van der Waals surface area contributed by atoms with Gasteiger partial charge in [-0.3, -0.25) is 0 Å². The third-order valence-electron chi connectivity index (χ3n) is 6.89. The molecular formula is C34H61NO4. The van der Waals surface area contributed by atoms with E-state index in [9.17, 15) is 9.59 Å². The molecule has 0 aromatic heterocycles. The molecule has 1 aromatic rings. The smallest absolute Gasteiger partial charge is 0.339 e. The highest BCUT2D eigenvalue weighted by Crippen LogP contribution is 2.14. The quantitative estimate of drug-likeness (QED) is 0.103. The first-order chi connectivity index (χ1) is 19.1. The molecule has 1 rings (SSSR count). The van der Waals surface area contributed by atoms with Crippen LogP contribution in [0.25, 0.3) is 0 Å². The summed E-state index contributed by atoms with van der Waals surface area (Å²) < 4.78 is 10.3. The molecule has 0 aliphatic carbocycles. The molecule has 0 spiro atoms. The van der Waals surface area contributed by atoms with Gasteiger partial charge in [0.05, 0.1) is 24.3 Å². The molecule has 39 heavy (non-hydrogen) atoms. The molecule has 0 unspecified atom stereocenters. The zero-order valence-electron chi connectivity index (χ0n) is 25.8. The SMILES string of the molecule is CCCCCCCCCCCCCCCCCCN.CCCCOC(=O)c1ccccc1C(=O)OCCCC. The number of esters is 2. The van der Waals surface area contributed by atoms with E-state index < -0.39 is 11.9 Å². The summed E-state index contributed by atoms with van der Waals surface area (Å²) in [5.74, 6) is -0.942. The average molecular weight is 548 g/mol. The van der Waals surface area contributed by atoms with Crippen molar-refractivity contribution in [3.8, 4) is 0 Å². The van der Waals surface area contributed by atoms with E-state index in [0.717, 1.165) is 32.2 Å². The van der Waals surface area contributed by atoms with E-state index in [4.69, 9.17) is 15.2 Å². The maximum Gasteiger partial charge on any atom is 0.339 e. The van der Waals surface area contributed by atoms with Gasteiger partial charge in [-0.1, -0.05) is 142 Å². The third kappa shape index (κ3) is 22.6. The highest BCUT2D eigenvalue weighted by Gasteiger charge is 2.18. The lowest BCUT2D eigenvalue weighted by Crippen LogP contribution is -2.14. The number of hydrogen-bond donors (Lipinski definition) is 1. The van der Waals surface area contributed by atoms with Gasteiger partial charge in [0.1, 0.15) is 0 Å². The topological polar surface area (TPSA) is 78.6 Å². The van der Waals surface area contributed by atoms with Gasteiger partial charge in [-0.2, -0.15) is 0 Å². The minimum atomic E-state index is -0.471. The van der Waals surface area contributed by atoms with Gasteiger partial charge in [0.25, 0.3) is 0 Å². The van der Waals surface area contributed by atoms with Crippen LogP contribution in [0.15, 0.2) is 24.3 Å². The Labute approximate surface area is 241 Å². The predicted molar refractivity (Wildman–Crippen MR) is 165 cm³/mol. The monoisotopic (exact) mass is 547 g/mol. The Morgan fingerprint density at radius 1 is 0.513 bits per heavy atom. The van der Waals surface area contributed by atoms with E-state index in [0.29, 0.717) is 13.2 Å². The number of ether oxygens (including phenoxy) is 2. The number of nitrogens with two attached hydrogens (primary N) is 1. The van der Waals surface area contributed by atoms with Crippen LogP contribution < -0.4 is 5.73 Å². The molecule has 0 fully saturated rings. The lowest BCUT2D eigenvalue weighted by atomic mass is 10.0. The van der Waals surface area contributed by atoms with Gasteiger partial charge in [-0.05, 0) is 37.9 Å². The summed E-state index contributed by atoms with van der Waals surface area (Å²) in [5, 5.41) is 0. The molecule has 0 saturated carbocycles. The summed E-state index contributed by atoms with van der Waals surface area (Å²) in [6.45, 7) is 7.94. The van der Waals surface area contributed by atoms with Crippen molar-refractivity contribution < 1.29 is 19.1 Å². The van der Waals surface area contributed by atoms with Gasteiger partial charge in [-0.15, -0.1) is 0 Å². The van der Waals surface area contributed by atoms with E-state index in [1.165, 1.54) is 103 Å². The molecule has 0 amide bonds. The standard InChI is InChI=1S/C18H39N.C16H22O4/c1-2-3-4-5-6-7-8-9-10-11-12-13-14-15-16-17-18-19;1-3-5-11-19-15(17)13-9-7-8-10-14(13)16(18)20-12-6-4-2/h2-19H2,1H3;7-10H,3-6,11-12H2,1-2H3. The maximum absolute atomic E-state index is 11.9. The molecule has 0 radical (unpaired) electrons. The lowest BCUT2D eigenvalue weighted by molar-refractivity contribution is 0.0452. The second-order valence-corrected chi connectivity index (χ2v) is 10.6. The second kappa shape index (κ2) is 29.1. The van der Waals surface area contributed by atoms with Gasteiger partial charge in [-0.25, -0.2) is 9.59 Å². The van der Waals surface area contributed by atoms with Gasteiger partial charge in [0.2, 0.25) is 0 Å². The average Bonchev–Trinajstić information content (AvgIpc) is 2.95. The van der Waals surface area contributed by atoms with Gasteiger partial charge in [0.15, 0.2) is 0 Å². The first-order valence-corrected chi connectivity index (χ1v) is 16.3. The molecule has 5 heteroatoms. The summed E-state index contributed by atoms with van der Waals surface area (Å²) in [7, 11) is 0. The van der Waals surface area contributed by atoms with Crippen molar-refractivity contribution in [3.63, 3.8) is 0 Å². The highest BCUT2D eigenvalue weighted by molar-refractivity contribution is 6.03. The zero-order chi connectivity index (χ0) is 28.8. The first kappa shape index (κ1) is 37.1.